The summed E-state index contributed by atoms with van der Waals surface area (Å²) >= 11 is 0. The second kappa shape index (κ2) is 7.61. The van der Waals surface area contributed by atoms with Crippen LogP contribution in [0.2, 0.25) is 0 Å². The first-order valence-electron chi connectivity index (χ1n) is 8.92. The number of benzene rings is 2. The van der Waals surface area contributed by atoms with Gasteiger partial charge < -0.3 is 16.0 Å². The van der Waals surface area contributed by atoms with E-state index in [9.17, 15) is 14.4 Å². The third-order valence-electron chi connectivity index (χ3n) is 4.66. The van der Waals surface area contributed by atoms with Gasteiger partial charge in [0.2, 0.25) is 11.8 Å². The summed E-state index contributed by atoms with van der Waals surface area (Å²) in [4.78, 5) is 35.4. The maximum absolute atomic E-state index is 12.7. The van der Waals surface area contributed by atoms with Crippen molar-refractivity contribution in [3.8, 4) is 0 Å². The van der Waals surface area contributed by atoms with Gasteiger partial charge in [-0.15, -0.1) is 0 Å². The molecule has 27 heavy (non-hydrogen) atoms. The van der Waals surface area contributed by atoms with E-state index in [0.29, 0.717) is 23.5 Å². The van der Waals surface area contributed by atoms with E-state index in [1.54, 1.807) is 18.2 Å². The van der Waals surface area contributed by atoms with E-state index >= 15 is 0 Å². The Hall–Kier alpha value is -3.15. The highest BCUT2D eigenvalue weighted by Gasteiger charge is 2.44. The van der Waals surface area contributed by atoms with Crippen LogP contribution in [-0.2, 0) is 15.0 Å². The van der Waals surface area contributed by atoms with Gasteiger partial charge in [-0.3, -0.25) is 14.4 Å². The highest BCUT2D eigenvalue weighted by atomic mass is 16.2. The number of rotatable bonds is 6. The van der Waals surface area contributed by atoms with Crippen molar-refractivity contribution in [2.75, 3.05) is 17.2 Å². The summed E-state index contributed by atoms with van der Waals surface area (Å²) in [6, 6.07) is 15.0. The second-order valence-corrected chi connectivity index (χ2v) is 6.99. The molecule has 0 aliphatic heterocycles. The monoisotopic (exact) mass is 365 g/mol. The van der Waals surface area contributed by atoms with E-state index in [-0.39, 0.29) is 23.1 Å². The molecule has 0 bridgehead atoms. The highest BCUT2D eigenvalue weighted by Crippen LogP contribution is 2.47. The maximum atomic E-state index is 12.7. The molecule has 0 saturated heterocycles. The SMILES string of the molecule is CC(=O)Nc1cc(NC(C)=O)cc(C(=O)NCC2(c3ccccc3)CC2)c1. The Morgan fingerprint density at radius 3 is 1.93 bits per heavy atom. The van der Waals surface area contributed by atoms with Crippen LogP contribution in [0.5, 0.6) is 0 Å². The largest absolute Gasteiger partial charge is 0.351 e. The van der Waals surface area contributed by atoms with E-state index in [1.807, 2.05) is 18.2 Å². The third kappa shape index (κ3) is 4.73. The minimum atomic E-state index is -0.248. The Labute approximate surface area is 158 Å². The molecule has 6 heteroatoms. The van der Waals surface area contributed by atoms with Crippen LogP contribution in [-0.4, -0.2) is 24.3 Å². The summed E-state index contributed by atoms with van der Waals surface area (Å²) in [6.45, 7) is 3.33. The van der Waals surface area contributed by atoms with Crippen molar-refractivity contribution in [1.29, 1.82) is 0 Å². The molecule has 2 aromatic rings. The van der Waals surface area contributed by atoms with Crippen molar-refractivity contribution in [1.82, 2.24) is 5.32 Å². The van der Waals surface area contributed by atoms with Crippen molar-refractivity contribution in [2.24, 2.45) is 0 Å². The molecule has 3 amide bonds. The predicted molar refractivity (Wildman–Crippen MR) is 105 cm³/mol. The van der Waals surface area contributed by atoms with Gasteiger partial charge in [0.1, 0.15) is 0 Å². The number of carbonyl (C=O) groups excluding carboxylic acids is 3. The lowest BCUT2D eigenvalue weighted by molar-refractivity contribution is -0.115. The topological polar surface area (TPSA) is 87.3 Å². The summed E-state index contributed by atoms with van der Waals surface area (Å²) in [5, 5.41) is 8.30. The van der Waals surface area contributed by atoms with Crippen LogP contribution in [0, 0.1) is 0 Å². The molecule has 2 aromatic carbocycles. The van der Waals surface area contributed by atoms with E-state index in [4.69, 9.17) is 0 Å². The van der Waals surface area contributed by atoms with Gasteiger partial charge in [-0.05, 0) is 36.6 Å². The summed E-state index contributed by atoms with van der Waals surface area (Å²) in [7, 11) is 0. The zero-order valence-electron chi connectivity index (χ0n) is 15.5. The molecular formula is C21H23N3O3. The fourth-order valence-electron chi connectivity index (χ4n) is 3.17. The zero-order chi connectivity index (χ0) is 19.4. The molecule has 6 nitrogen and oxygen atoms in total. The molecule has 1 fully saturated rings. The highest BCUT2D eigenvalue weighted by molar-refractivity contribution is 6.00. The number of hydrogen-bond acceptors (Lipinski definition) is 3. The van der Waals surface area contributed by atoms with Crippen LogP contribution in [0.3, 0.4) is 0 Å². The zero-order valence-corrected chi connectivity index (χ0v) is 15.5. The van der Waals surface area contributed by atoms with Crippen LogP contribution in [0.1, 0.15) is 42.6 Å². The maximum Gasteiger partial charge on any atom is 0.251 e. The van der Waals surface area contributed by atoms with Gasteiger partial charge in [0.15, 0.2) is 0 Å². The normalized spacial score (nSPS) is 14.1. The Morgan fingerprint density at radius 1 is 0.889 bits per heavy atom. The Morgan fingerprint density at radius 2 is 1.44 bits per heavy atom. The van der Waals surface area contributed by atoms with Gasteiger partial charge in [-0.25, -0.2) is 0 Å². The van der Waals surface area contributed by atoms with Gasteiger partial charge >= 0.3 is 0 Å². The molecule has 0 aromatic heterocycles. The molecule has 0 atom stereocenters. The van der Waals surface area contributed by atoms with Crippen molar-refractivity contribution < 1.29 is 14.4 Å². The lowest BCUT2D eigenvalue weighted by Crippen LogP contribution is -2.32. The number of anilines is 2. The smallest absolute Gasteiger partial charge is 0.251 e. The lowest BCUT2D eigenvalue weighted by Gasteiger charge is -2.17. The molecule has 3 N–H and O–H groups in total. The van der Waals surface area contributed by atoms with Gasteiger partial charge in [-0.1, -0.05) is 30.3 Å². The Kier molecular flexibility index (Phi) is 5.26. The summed E-state index contributed by atoms with van der Waals surface area (Å²) in [6.07, 6.45) is 2.08. The number of nitrogens with one attached hydrogen (secondary N) is 3. The van der Waals surface area contributed by atoms with Crippen molar-refractivity contribution in [3.05, 3.63) is 59.7 Å². The average Bonchev–Trinajstić information content (AvgIpc) is 3.40. The Bertz CT molecular complexity index is 839. The summed E-state index contributed by atoms with van der Waals surface area (Å²) < 4.78 is 0. The fourth-order valence-corrected chi connectivity index (χ4v) is 3.17. The first-order chi connectivity index (χ1) is 12.9. The van der Waals surface area contributed by atoms with Crippen LogP contribution >= 0.6 is 0 Å². The minimum Gasteiger partial charge on any atom is -0.351 e. The van der Waals surface area contributed by atoms with Gasteiger partial charge in [0, 0.05) is 42.7 Å². The van der Waals surface area contributed by atoms with Crippen LogP contribution in [0.25, 0.3) is 0 Å². The Balaban J connectivity index is 1.75. The predicted octanol–water partition coefficient (Wildman–Crippen LogP) is 3.07. The van der Waals surface area contributed by atoms with Crippen molar-refractivity contribution in [2.45, 2.75) is 32.1 Å². The molecule has 1 aliphatic carbocycles. The van der Waals surface area contributed by atoms with Gasteiger partial charge in [0.25, 0.3) is 5.91 Å². The van der Waals surface area contributed by atoms with Crippen LogP contribution in [0.4, 0.5) is 11.4 Å². The molecule has 3 rings (SSSR count). The van der Waals surface area contributed by atoms with E-state index in [0.717, 1.165) is 12.8 Å². The minimum absolute atomic E-state index is 0.00658. The molecular weight excluding hydrogens is 342 g/mol. The quantitative estimate of drug-likeness (QED) is 0.735. The number of carbonyl (C=O) groups is 3. The number of hydrogen-bond donors (Lipinski definition) is 3. The molecule has 0 radical (unpaired) electrons. The van der Waals surface area contributed by atoms with E-state index < -0.39 is 0 Å². The molecule has 0 spiro atoms. The summed E-state index contributed by atoms with van der Waals surface area (Å²) in [5.41, 5.74) is 2.54. The van der Waals surface area contributed by atoms with Gasteiger partial charge in [-0.2, -0.15) is 0 Å². The first-order valence-corrected chi connectivity index (χ1v) is 8.92. The average molecular weight is 365 g/mol. The summed E-state index contributed by atoms with van der Waals surface area (Å²) in [5.74, 6) is -0.735. The lowest BCUT2D eigenvalue weighted by atomic mass is 9.96. The molecule has 1 aliphatic rings. The van der Waals surface area contributed by atoms with Crippen molar-refractivity contribution >= 4 is 29.1 Å². The number of amides is 3. The molecule has 0 unspecified atom stereocenters. The van der Waals surface area contributed by atoms with E-state index in [2.05, 4.69) is 28.1 Å². The molecule has 0 heterocycles. The molecule has 1 saturated carbocycles. The van der Waals surface area contributed by atoms with E-state index in [1.165, 1.54) is 19.4 Å². The first kappa shape index (κ1) is 18.6. The fraction of sp³-hybridized carbons (Fsp3) is 0.286. The van der Waals surface area contributed by atoms with Crippen LogP contribution < -0.4 is 16.0 Å². The van der Waals surface area contributed by atoms with Crippen LogP contribution in [0.15, 0.2) is 48.5 Å². The third-order valence-corrected chi connectivity index (χ3v) is 4.66. The molecule has 140 valence electrons. The standard InChI is InChI=1S/C21H23N3O3/c1-14(25)23-18-10-16(11-19(12-18)24-15(2)26)20(27)22-13-21(8-9-21)17-6-4-3-5-7-17/h3-7,10-12H,8-9,13H2,1-2H3,(H,22,27)(H,23,25)(H,24,26). The second-order valence-electron chi connectivity index (χ2n) is 6.99. The van der Waals surface area contributed by atoms with Gasteiger partial charge in [0.05, 0.1) is 0 Å². The van der Waals surface area contributed by atoms with Crippen molar-refractivity contribution in [3.63, 3.8) is 0 Å².